The number of amides is 1. The van der Waals surface area contributed by atoms with E-state index in [2.05, 4.69) is 5.32 Å². The van der Waals surface area contributed by atoms with Crippen LogP contribution in [0.3, 0.4) is 0 Å². The summed E-state index contributed by atoms with van der Waals surface area (Å²) < 4.78 is 10.8. The lowest BCUT2D eigenvalue weighted by atomic mass is 10.00. The summed E-state index contributed by atoms with van der Waals surface area (Å²) in [5, 5.41) is 12.4. The molecule has 1 amide bonds. The van der Waals surface area contributed by atoms with Gasteiger partial charge < -0.3 is 19.9 Å². The predicted molar refractivity (Wildman–Crippen MR) is 61.6 cm³/mol. The fraction of sp³-hybridized carbons (Fsp3) is 0.917. The van der Waals surface area contributed by atoms with Gasteiger partial charge in [0.25, 0.3) is 0 Å². The summed E-state index contributed by atoms with van der Waals surface area (Å²) in [5.74, 6) is 0.220. The number of alkyl carbamates (subject to hydrolysis) is 1. The summed E-state index contributed by atoms with van der Waals surface area (Å²) in [4.78, 5) is 11.6. The van der Waals surface area contributed by atoms with Crippen LogP contribution in [0.2, 0.25) is 0 Å². The third kappa shape index (κ3) is 3.10. The molecule has 4 atom stereocenters. The van der Waals surface area contributed by atoms with Crippen LogP contribution in [0.15, 0.2) is 0 Å². The fourth-order valence-corrected chi connectivity index (χ4v) is 2.58. The maximum atomic E-state index is 11.6. The normalized spacial score (nSPS) is 36.7. The van der Waals surface area contributed by atoms with Crippen LogP contribution in [-0.2, 0) is 9.47 Å². The molecule has 5 heteroatoms. The summed E-state index contributed by atoms with van der Waals surface area (Å²) in [6.07, 6.45) is 0.758. The highest BCUT2D eigenvalue weighted by atomic mass is 16.6. The van der Waals surface area contributed by atoms with Gasteiger partial charge in [0.2, 0.25) is 0 Å². The van der Waals surface area contributed by atoms with Gasteiger partial charge in [0.15, 0.2) is 0 Å². The van der Waals surface area contributed by atoms with Crippen LogP contribution in [0.4, 0.5) is 4.79 Å². The van der Waals surface area contributed by atoms with Crippen molar-refractivity contribution in [1.82, 2.24) is 5.32 Å². The van der Waals surface area contributed by atoms with Crippen LogP contribution in [0, 0.1) is 5.92 Å². The van der Waals surface area contributed by atoms with Gasteiger partial charge in [-0.05, 0) is 33.6 Å². The number of ether oxygens (including phenoxy) is 2. The van der Waals surface area contributed by atoms with E-state index < -0.39 is 11.7 Å². The van der Waals surface area contributed by atoms with Gasteiger partial charge in [-0.1, -0.05) is 0 Å². The summed E-state index contributed by atoms with van der Waals surface area (Å²) >= 11 is 0. The zero-order chi connectivity index (χ0) is 12.6. The minimum Gasteiger partial charge on any atom is -0.444 e. The number of carbonyl (C=O) groups is 1. The number of nitrogens with one attached hydrogen (secondary N) is 1. The molecule has 5 nitrogen and oxygen atoms in total. The molecule has 0 bridgehead atoms. The molecule has 1 saturated heterocycles. The summed E-state index contributed by atoms with van der Waals surface area (Å²) in [6, 6.07) is -0.0352. The number of hydrogen-bond acceptors (Lipinski definition) is 4. The Balaban J connectivity index is 1.86. The van der Waals surface area contributed by atoms with E-state index in [1.807, 2.05) is 20.8 Å². The van der Waals surface area contributed by atoms with Crippen molar-refractivity contribution < 1.29 is 19.4 Å². The molecule has 0 radical (unpaired) electrons. The van der Waals surface area contributed by atoms with Crippen molar-refractivity contribution >= 4 is 6.09 Å². The number of fused-ring (bicyclic) bond motifs is 1. The van der Waals surface area contributed by atoms with Gasteiger partial charge in [0.1, 0.15) is 5.60 Å². The Morgan fingerprint density at radius 2 is 2.12 bits per heavy atom. The predicted octanol–water partition coefficient (Wildman–Crippen LogP) is 1.05. The molecule has 2 fully saturated rings. The van der Waals surface area contributed by atoms with Gasteiger partial charge in [-0.15, -0.1) is 0 Å². The highest BCUT2D eigenvalue weighted by Gasteiger charge is 2.45. The average molecular weight is 243 g/mol. The first-order valence-electron chi connectivity index (χ1n) is 6.14. The van der Waals surface area contributed by atoms with Crippen molar-refractivity contribution in [3.05, 3.63) is 0 Å². The Morgan fingerprint density at radius 3 is 2.76 bits per heavy atom. The summed E-state index contributed by atoms with van der Waals surface area (Å²) in [5.41, 5.74) is -0.488. The average Bonchev–Trinajstić information content (AvgIpc) is 2.63. The molecule has 98 valence electrons. The van der Waals surface area contributed by atoms with Crippen molar-refractivity contribution in [3.63, 3.8) is 0 Å². The molecule has 2 rings (SSSR count). The maximum absolute atomic E-state index is 11.6. The van der Waals surface area contributed by atoms with E-state index in [4.69, 9.17) is 9.47 Å². The molecule has 1 aliphatic heterocycles. The fourth-order valence-electron chi connectivity index (χ4n) is 2.58. The van der Waals surface area contributed by atoms with Crippen molar-refractivity contribution in [3.8, 4) is 0 Å². The van der Waals surface area contributed by atoms with Gasteiger partial charge in [-0.25, -0.2) is 4.79 Å². The number of carbonyl (C=O) groups excluding carboxylic acids is 1. The Morgan fingerprint density at radius 1 is 1.41 bits per heavy atom. The molecule has 0 spiro atoms. The molecule has 2 aliphatic rings. The molecule has 0 unspecified atom stereocenters. The zero-order valence-electron chi connectivity index (χ0n) is 10.6. The Hall–Kier alpha value is -0.810. The second-order valence-corrected chi connectivity index (χ2v) is 5.91. The molecule has 2 N–H and O–H groups in total. The third-order valence-electron chi connectivity index (χ3n) is 3.23. The number of hydrogen-bond donors (Lipinski definition) is 2. The SMILES string of the molecule is CC(C)(C)OC(=O)N[C@H]1CO[C@@H]2C[C@H](O)C[C@H]12. The van der Waals surface area contributed by atoms with Gasteiger partial charge in [-0.3, -0.25) is 0 Å². The first-order valence-corrected chi connectivity index (χ1v) is 6.14. The van der Waals surface area contributed by atoms with E-state index in [1.54, 1.807) is 0 Å². The minimum absolute atomic E-state index is 0.0352. The second kappa shape index (κ2) is 4.46. The highest BCUT2D eigenvalue weighted by Crippen LogP contribution is 2.36. The molecule has 0 aromatic heterocycles. The lowest BCUT2D eigenvalue weighted by Crippen LogP contribution is -2.43. The van der Waals surface area contributed by atoms with E-state index in [0.29, 0.717) is 19.4 Å². The van der Waals surface area contributed by atoms with Crippen LogP contribution in [0.25, 0.3) is 0 Å². The molecule has 1 saturated carbocycles. The van der Waals surface area contributed by atoms with E-state index in [9.17, 15) is 9.90 Å². The molecular formula is C12H21NO4. The highest BCUT2D eigenvalue weighted by molar-refractivity contribution is 5.68. The van der Waals surface area contributed by atoms with Gasteiger partial charge >= 0.3 is 6.09 Å². The first-order chi connectivity index (χ1) is 7.85. The Labute approximate surface area is 101 Å². The monoisotopic (exact) mass is 243 g/mol. The molecular weight excluding hydrogens is 222 g/mol. The van der Waals surface area contributed by atoms with E-state index >= 15 is 0 Å². The Bertz CT molecular complexity index is 299. The van der Waals surface area contributed by atoms with Crippen LogP contribution in [0.1, 0.15) is 33.6 Å². The van der Waals surface area contributed by atoms with Gasteiger partial charge in [0, 0.05) is 5.92 Å². The molecule has 1 aliphatic carbocycles. The van der Waals surface area contributed by atoms with E-state index in [-0.39, 0.29) is 24.2 Å². The van der Waals surface area contributed by atoms with Crippen molar-refractivity contribution in [2.45, 2.75) is 57.5 Å². The molecule has 0 aromatic rings. The van der Waals surface area contributed by atoms with Crippen LogP contribution in [-0.4, -0.2) is 41.7 Å². The topological polar surface area (TPSA) is 67.8 Å². The van der Waals surface area contributed by atoms with Crippen molar-refractivity contribution in [2.75, 3.05) is 6.61 Å². The van der Waals surface area contributed by atoms with Crippen LogP contribution in [0.5, 0.6) is 0 Å². The van der Waals surface area contributed by atoms with Crippen LogP contribution >= 0.6 is 0 Å². The number of rotatable bonds is 1. The first kappa shape index (κ1) is 12.6. The molecule has 1 heterocycles. The van der Waals surface area contributed by atoms with Gasteiger partial charge in [0.05, 0.1) is 24.9 Å². The number of aliphatic hydroxyl groups is 1. The minimum atomic E-state index is -0.488. The maximum Gasteiger partial charge on any atom is 0.407 e. The molecule has 17 heavy (non-hydrogen) atoms. The zero-order valence-corrected chi connectivity index (χ0v) is 10.6. The van der Waals surface area contributed by atoms with Crippen molar-refractivity contribution in [1.29, 1.82) is 0 Å². The standard InChI is InChI=1S/C12H21NO4/c1-12(2,3)17-11(15)13-9-6-16-10-5-7(14)4-8(9)10/h7-10,14H,4-6H2,1-3H3,(H,13,15)/t7-,8-,9+,10-/m1/s1. The lowest BCUT2D eigenvalue weighted by molar-refractivity contribution is 0.0472. The second-order valence-electron chi connectivity index (χ2n) is 5.91. The lowest BCUT2D eigenvalue weighted by Gasteiger charge is -2.23. The summed E-state index contributed by atoms with van der Waals surface area (Å²) in [7, 11) is 0. The summed E-state index contributed by atoms with van der Waals surface area (Å²) in [6.45, 7) is 6.01. The smallest absolute Gasteiger partial charge is 0.407 e. The third-order valence-corrected chi connectivity index (χ3v) is 3.23. The van der Waals surface area contributed by atoms with Gasteiger partial charge in [-0.2, -0.15) is 0 Å². The molecule has 0 aromatic carbocycles. The quantitative estimate of drug-likeness (QED) is 0.722. The van der Waals surface area contributed by atoms with Crippen molar-refractivity contribution in [2.24, 2.45) is 5.92 Å². The number of aliphatic hydroxyl groups excluding tert-OH is 1. The van der Waals surface area contributed by atoms with Crippen LogP contribution < -0.4 is 5.32 Å². The largest absolute Gasteiger partial charge is 0.444 e. The van der Waals surface area contributed by atoms with E-state index in [0.717, 1.165) is 0 Å². The Kier molecular flexibility index (Phi) is 3.32. The van der Waals surface area contributed by atoms with E-state index in [1.165, 1.54) is 0 Å².